The van der Waals surface area contributed by atoms with Crippen LogP contribution in [0.15, 0.2) is 72.8 Å². The highest BCUT2D eigenvalue weighted by atomic mass is 16.6. The maximum Gasteiger partial charge on any atom is 0.270 e. The lowest BCUT2D eigenvalue weighted by Gasteiger charge is -2.15. The number of nitriles is 1. The van der Waals surface area contributed by atoms with Gasteiger partial charge in [-0.25, -0.2) is 0 Å². The number of rotatable bonds is 4. The van der Waals surface area contributed by atoms with Gasteiger partial charge in [-0.1, -0.05) is 36.4 Å². The number of benzene rings is 3. The van der Waals surface area contributed by atoms with E-state index >= 15 is 0 Å². The van der Waals surface area contributed by atoms with Crippen molar-refractivity contribution in [3.05, 3.63) is 99.6 Å². The number of carbonyl (C=O) groups excluding carboxylic acids is 1. The lowest BCUT2D eigenvalue weighted by Crippen LogP contribution is -2.10. The minimum atomic E-state index is -0.493. The molecule has 0 saturated heterocycles. The number of non-ortho nitro benzene ring substituents is 1. The molecule has 3 aromatic carbocycles. The second-order valence-electron chi connectivity index (χ2n) is 6.37. The van der Waals surface area contributed by atoms with Crippen LogP contribution < -0.4 is 10.6 Å². The third kappa shape index (κ3) is 3.42. The standard InChI is InChI=1S/C22H14N4O3/c23-13-14-5-4-8-16(11-14)24-21(15-6-2-1-3-7-15)20-18-12-17(26(28)29)9-10-19(18)25-22(20)27/h1-12,24H,(H,25,27)/b21-20-. The van der Waals surface area contributed by atoms with Gasteiger partial charge in [-0.3, -0.25) is 14.9 Å². The second-order valence-corrected chi connectivity index (χ2v) is 6.37. The summed E-state index contributed by atoms with van der Waals surface area (Å²) in [5.74, 6) is -0.358. The van der Waals surface area contributed by atoms with E-state index in [-0.39, 0.29) is 11.6 Å². The molecule has 0 fully saturated rings. The third-order valence-corrected chi connectivity index (χ3v) is 4.53. The number of hydrogen-bond donors (Lipinski definition) is 2. The molecule has 7 nitrogen and oxygen atoms in total. The molecular formula is C22H14N4O3. The molecule has 0 unspecified atom stereocenters. The van der Waals surface area contributed by atoms with Gasteiger partial charge in [-0.2, -0.15) is 5.26 Å². The normalized spacial score (nSPS) is 13.8. The molecule has 0 radical (unpaired) electrons. The molecule has 1 heterocycles. The van der Waals surface area contributed by atoms with Crippen LogP contribution in [0.25, 0.3) is 11.3 Å². The first-order chi connectivity index (χ1) is 14.1. The topological polar surface area (TPSA) is 108 Å². The van der Waals surface area contributed by atoms with Gasteiger partial charge in [0.2, 0.25) is 0 Å². The smallest absolute Gasteiger partial charge is 0.270 e. The van der Waals surface area contributed by atoms with Crippen molar-refractivity contribution in [1.29, 1.82) is 5.26 Å². The molecule has 1 aliphatic heterocycles. The highest BCUT2D eigenvalue weighted by molar-refractivity contribution is 6.37. The Morgan fingerprint density at radius 2 is 1.83 bits per heavy atom. The van der Waals surface area contributed by atoms with Crippen LogP contribution in [0.1, 0.15) is 16.7 Å². The predicted octanol–water partition coefficient (Wildman–Crippen LogP) is 4.40. The highest BCUT2D eigenvalue weighted by Gasteiger charge is 2.30. The zero-order valence-corrected chi connectivity index (χ0v) is 15.0. The van der Waals surface area contributed by atoms with E-state index in [9.17, 15) is 14.9 Å². The molecule has 1 amide bonds. The molecule has 140 valence electrons. The average molecular weight is 382 g/mol. The molecule has 0 saturated carbocycles. The Morgan fingerprint density at radius 1 is 1.03 bits per heavy atom. The first-order valence-corrected chi connectivity index (χ1v) is 8.74. The Kier molecular flexibility index (Phi) is 4.51. The molecule has 2 N–H and O–H groups in total. The van der Waals surface area contributed by atoms with Gasteiger partial charge in [0, 0.05) is 29.1 Å². The van der Waals surface area contributed by atoms with Crippen molar-refractivity contribution in [3.63, 3.8) is 0 Å². The van der Waals surface area contributed by atoms with E-state index in [2.05, 4.69) is 16.7 Å². The van der Waals surface area contributed by atoms with Gasteiger partial charge in [-0.15, -0.1) is 0 Å². The second kappa shape index (κ2) is 7.29. The van der Waals surface area contributed by atoms with Gasteiger partial charge in [0.15, 0.2) is 0 Å². The van der Waals surface area contributed by atoms with Crippen molar-refractivity contribution >= 4 is 34.2 Å². The number of amides is 1. The monoisotopic (exact) mass is 382 g/mol. The summed E-state index contributed by atoms with van der Waals surface area (Å²) in [6.07, 6.45) is 0. The molecule has 29 heavy (non-hydrogen) atoms. The molecule has 0 spiro atoms. The zero-order chi connectivity index (χ0) is 20.4. The summed E-state index contributed by atoms with van der Waals surface area (Å²) in [6, 6.07) is 22.4. The first kappa shape index (κ1) is 17.9. The number of fused-ring (bicyclic) bond motifs is 1. The van der Waals surface area contributed by atoms with Crippen LogP contribution in [-0.4, -0.2) is 10.8 Å². The van der Waals surface area contributed by atoms with E-state index in [1.165, 1.54) is 18.2 Å². The van der Waals surface area contributed by atoms with Crippen LogP contribution >= 0.6 is 0 Å². The van der Waals surface area contributed by atoms with E-state index in [0.717, 1.165) is 5.56 Å². The summed E-state index contributed by atoms with van der Waals surface area (Å²) in [5, 5.41) is 26.4. The minimum absolute atomic E-state index is 0.100. The maximum atomic E-state index is 12.8. The van der Waals surface area contributed by atoms with E-state index < -0.39 is 4.92 Å². The fourth-order valence-corrected chi connectivity index (χ4v) is 3.21. The van der Waals surface area contributed by atoms with E-state index in [0.29, 0.717) is 33.8 Å². The largest absolute Gasteiger partial charge is 0.354 e. The van der Waals surface area contributed by atoms with Crippen LogP contribution in [0.3, 0.4) is 0 Å². The summed E-state index contributed by atoms with van der Waals surface area (Å²) >= 11 is 0. The van der Waals surface area contributed by atoms with Crippen molar-refractivity contribution in [3.8, 4) is 6.07 Å². The fraction of sp³-hybridized carbons (Fsp3) is 0. The summed E-state index contributed by atoms with van der Waals surface area (Å²) in [6.45, 7) is 0. The van der Waals surface area contributed by atoms with Crippen molar-refractivity contribution in [2.24, 2.45) is 0 Å². The van der Waals surface area contributed by atoms with E-state index in [4.69, 9.17) is 5.26 Å². The molecule has 4 rings (SSSR count). The molecule has 7 heteroatoms. The summed E-state index contributed by atoms with van der Waals surface area (Å²) in [5.41, 5.74) is 3.50. The van der Waals surface area contributed by atoms with Crippen molar-refractivity contribution < 1.29 is 9.72 Å². The Labute approximate surface area is 166 Å². The quantitative estimate of drug-likeness (QED) is 0.395. The first-order valence-electron chi connectivity index (χ1n) is 8.74. The van der Waals surface area contributed by atoms with Crippen LogP contribution in [0.4, 0.5) is 17.1 Å². The molecule has 0 aromatic heterocycles. The Hall–Kier alpha value is -4.44. The Morgan fingerprint density at radius 3 is 2.55 bits per heavy atom. The van der Waals surface area contributed by atoms with Gasteiger partial charge in [0.1, 0.15) is 0 Å². The van der Waals surface area contributed by atoms with E-state index in [1.54, 1.807) is 24.3 Å². The van der Waals surface area contributed by atoms with Crippen molar-refractivity contribution in [2.45, 2.75) is 0 Å². The van der Waals surface area contributed by atoms with Gasteiger partial charge in [0.25, 0.3) is 11.6 Å². The number of nitro groups is 1. The number of hydrogen-bond acceptors (Lipinski definition) is 5. The predicted molar refractivity (Wildman–Crippen MR) is 110 cm³/mol. The lowest BCUT2D eigenvalue weighted by molar-refractivity contribution is -0.384. The van der Waals surface area contributed by atoms with Crippen molar-refractivity contribution in [1.82, 2.24) is 0 Å². The Balaban J connectivity index is 1.93. The molecule has 0 atom stereocenters. The van der Waals surface area contributed by atoms with Gasteiger partial charge in [-0.05, 0) is 29.8 Å². The van der Waals surface area contributed by atoms with Crippen LogP contribution in [0, 0.1) is 21.4 Å². The summed E-state index contributed by atoms with van der Waals surface area (Å²) in [4.78, 5) is 23.5. The third-order valence-electron chi connectivity index (χ3n) is 4.53. The SMILES string of the molecule is N#Cc1cccc(N/C(=C2\C(=O)Nc3ccc([N+](=O)[O-])cc32)c2ccccc2)c1. The molecule has 1 aliphatic rings. The summed E-state index contributed by atoms with van der Waals surface area (Å²) < 4.78 is 0. The number of carbonyl (C=O) groups is 1. The van der Waals surface area contributed by atoms with Crippen LogP contribution in [0.2, 0.25) is 0 Å². The number of nitrogens with zero attached hydrogens (tertiary/aromatic N) is 2. The minimum Gasteiger partial charge on any atom is -0.354 e. The van der Waals surface area contributed by atoms with Gasteiger partial charge >= 0.3 is 0 Å². The van der Waals surface area contributed by atoms with E-state index in [1.807, 2.05) is 30.3 Å². The molecule has 3 aromatic rings. The number of nitro benzene ring substituents is 1. The lowest BCUT2D eigenvalue weighted by atomic mass is 9.99. The Bertz CT molecular complexity index is 1210. The molecule has 0 bridgehead atoms. The van der Waals surface area contributed by atoms with Crippen LogP contribution in [-0.2, 0) is 4.79 Å². The zero-order valence-electron chi connectivity index (χ0n) is 15.0. The highest BCUT2D eigenvalue weighted by Crippen LogP contribution is 2.39. The summed E-state index contributed by atoms with van der Waals surface area (Å²) in [7, 11) is 0. The number of nitrogens with one attached hydrogen (secondary N) is 2. The van der Waals surface area contributed by atoms with Crippen LogP contribution in [0.5, 0.6) is 0 Å². The average Bonchev–Trinajstić information content (AvgIpc) is 3.07. The molecular weight excluding hydrogens is 368 g/mol. The number of anilines is 2. The van der Waals surface area contributed by atoms with Crippen molar-refractivity contribution in [2.75, 3.05) is 10.6 Å². The molecule has 0 aliphatic carbocycles. The fourth-order valence-electron chi connectivity index (χ4n) is 3.21. The van der Waals surface area contributed by atoms with Gasteiger partial charge in [0.05, 0.1) is 27.8 Å². The van der Waals surface area contributed by atoms with Gasteiger partial charge < -0.3 is 10.6 Å². The maximum absolute atomic E-state index is 12.8.